The summed E-state index contributed by atoms with van der Waals surface area (Å²) in [5.41, 5.74) is -0.00686. The maximum atomic E-state index is 11.0. The highest BCUT2D eigenvalue weighted by atomic mass is 16.7. The average Bonchev–Trinajstić information content (AvgIpc) is 3.24. The van der Waals surface area contributed by atoms with Crippen molar-refractivity contribution in [3.8, 4) is 0 Å². The van der Waals surface area contributed by atoms with Gasteiger partial charge in [-0.3, -0.25) is 0 Å². The van der Waals surface area contributed by atoms with Crippen LogP contribution < -0.4 is 0 Å². The van der Waals surface area contributed by atoms with Gasteiger partial charge in [-0.15, -0.1) is 0 Å². The Labute approximate surface area is 177 Å². The minimum Gasteiger partial charge on any atom is -0.393 e. The van der Waals surface area contributed by atoms with E-state index in [1.165, 1.54) is 19.3 Å². The van der Waals surface area contributed by atoms with Gasteiger partial charge in [0.1, 0.15) is 0 Å². The Morgan fingerprint density at radius 2 is 1.76 bits per heavy atom. The van der Waals surface area contributed by atoms with E-state index >= 15 is 0 Å². The molecule has 0 aromatic carbocycles. The zero-order chi connectivity index (χ0) is 20.6. The molecule has 4 nitrogen and oxygen atoms in total. The van der Waals surface area contributed by atoms with Gasteiger partial charge in [0, 0.05) is 17.3 Å². The van der Waals surface area contributed by atoms with Crippen LogP contribution in [-0.4, -0.2) is 41.4 Å². The average molecular weight is 407 g/mol. The third kappa shape index (κ3) is 3.52. The van der Waals surface area contributed by atoms with E-state index < -0.39 is 5.79 Å². The molecule has 1 saturated heterocycles. The Hall–Kier alpha value is -0.420. The second-order valence-corrected chi connectivity index (χ2v) is 10.6. The monoisotopic (exact) mass is 406 g/mol. The Kier molecular flexibility index (Phi) is 6.47. The van der Waals surface area contributed by atoms with Crippen molar-refractivity contribution in [3.63, 3.8) is 0 Å². The van der Waals surface area contributed by atoms with Crippen molar-refractivity contribution >= 4 is 0 Å². The minimum atomic E-state index is -0.453. The number of aliphatic hydroxyl groups is 2. The summed E-state index contributed by atoms with van der Waals surface area (Å²) in [7, 11) is 0. The second kappa shape index (κ2) is 8.61. The van der Waals surface area contributed by atoms with Crippen molar-refractivity contribution in [2.75, 3.05) is 13.2 Å². The minimum absolute atomic E-state index is 0.00686. The normalized spacial score (nSPS) is 41.0. The van der Waals surface area contributed by atoms with Crippen LogP contribution in [0.4, 0.5) is 0 Å². The lowest BCUT2D eigenvalue weighted by molar-refractivity contribution is -0.394. The number of fused-ring (bicyclic) bond motifs is 2. The van der Waals surface area contributed by atoms with Gasteiger partial charge in [-0.05, 0) is 56.3 Å². The number of hydrogen-bond donors (Lipinski definition) is 2. The highest BCUT2D eigenvalue weighted by Gasteiger charge is 2.76. The molecule has 4 fully saturated rings. The van der Waals surface area contributed by atoms with Crippen LogP contribution in [0, 0.1) is 35.0 Å². The van der Waals surface area contributed by atoms with Gasteiger partial charge in [0.2, 0.25) is 0 Å². The third-order valence-corrected chi connectivity index (χ3v) is 8.73. The summed E-state index contributed by atoms with van der Waals surface area (Å²) in [4.78, 5) is 0. The predicted molar refractivity (Wildman–Crippen MR) is 114 cm³/mol. The van der Waals surface area contributed by atoms with Crippen LogP contribution in [0.2, 0.25) is 0 Å². The molecule has 2 N–H and O–H groups in total. The summed E-state index contributed by atoms with van der Waals surface area (Å²) in [5, 5.41) is 21.8. The van der Waals surface area contributed by atoms with Crippen molar-refractivity contribution in [2.24, 2.45) is 35.0 Å². The third-order valence-electron chi connectivity index (χ3n) is 8.73. The zero-order valence-corrected chi connectivity index (χ0v) is 18.7. The van der Waals surface area contributed by atoms with E-state index in [9.17, 15) is 10.2 Å². The van der Waals surface area contributed by atoms with E-state index in [-0.39, 0.29) is 23.5 Å². The van der Waals surface area contributed by atoms with E-state index in [2.05, 4.69) is 26.8 Å². The van der Waals surface area contributed by atoms with E-state index in [4.69, 9.17) is 9.47 Å². The summed E-state index contributed by atoms with van der Waals surface area (Å²) in [6, 6.07) is 0. The quantitative estimate of drug-likeness (QED) is 0.629. The molecule has 3 saturated carbocycles. The molecule has 0 amide bonds. The van der Waals surface area contributed by atoms with Crippen molar-refractivity contribution in [3.05, 3.63) is 12.2 Å². The van der Waals surface area contributed by atoms with E-state index in [1.54, 1.807) is 0 Å². The molecule has 3 aliphatic carbocycles. The molecule has 29 heavy (non-hydrogen) atoms. The lowest BCUT2D eigenvalue weighted by Crippen LogP contribution is -2.75. The molecular weight excluding hydrogens is 364 g/mol. The van der Waals surface area contributed by atoms with Crippen LogP contribution in [0.1, 0.15) is 78.6 Å². The van der Waals surface area contributed by atoms with Crippen LogP contribution in [0.3, 0.4) is 0 Å². The largest absolute Gasteiger partial charge is 0.393 e. The summed E-state index contributed by atoms with van der Waals surface area (Å²) < 4.78 is 12.8. The van der Waals surface area contributed by atoms with Gasteiger partial charge in [-0.25, -0.2) is 0 Å². The Morgan fingerprint density at radius 1 is 1.07 bits per heavy atom. The molecule has 0 aromatic heterocycles. The van der Waals surface area contributed by atoms with E-state index in [1.807, 2.05) is 6.08 Å². The van der Waals surface area contributed by atoms with Gasteiger partial charge in [0.15, 0.2) is 5.79 Å². The first-order valence-corrected chi connectivity index (χ1v) is 12.3. The van der Waals surface area contributed by atoms with Crippen LogP contribution in [0.5, 0.6) is 0 Å². The molecule has 1 heterocycles. The first kappa shape index (κ1) is 21.8. The standard InChI is InChI=1S/C25H42O4/c1-4-24-13-12-22(27)19(10-11-21(26)18-8-6-5-7-9-18)23(24)20(16-17(2)3)25(24)28-14-15-29-25/h10-11,17-23,26-27H,4-9,12-16H2,1-3H3/b11-10+/t19-,20?,21+,22+,23-,24-/m0/s1. The molecule has 166 valence electrons. The van der Waals surface area contributed by atoms with Crippen LogP contribution in [0.15, 0.2) is 12.2 Å². The first-order chi connectivity index (χ1) is 13.9. The lowest BCUT2D eigenvalue weighted by Gasteiger charge is -2.70. The molecule has 0 radical (unpaired) electrons. The molecule has 0 bridgehead atoms. The van der Waals surface area contributed by atoms with Gasteiger partial charge in [-0.1, -0.05) is 52.2 Å². The van der Waals surface area contributed by atoms with E-state index in [0.717, 1.165) is 38.5 Å². The molecule has 6 atom stereocenters. The molecule has 0 aromatic rings. The lowest BCUT2D eigenvalue weighted by atomic mass is 9.39. The van der Waals surface area contributed by atoms with Gasteiger partial charge in [0.05, 0.1) is 25.4 Å². The first-order valence-electron chi connectivity index (χ1n) is 12.3. The molecule has 1 unspecified atom stereocenters. The molecular formula is C25H42O4. The highest BCUT2D eigenvalue weighted by Crippen LogP contribution is 2.72. The van der Waals surface area contributed by atoms with Crippen LogP contribution in [-0.2, 0) is 9.47 Å². The number of hydrogen-bond acceptors (Lipinski definition) is 4. The SMILES string of the molecule is CC[C@]12CC[C@@H](O)[C@H](/C=C/[C@@H](O)C3CCCCC3)[C@H]1C(CC(C)C)C21OCCO1. The van der Waals surface area contributed by atoms with Gasteiger partial charge in [-0.2, -0.15) is 0 Å². The Bertz CT molecular complexity index is 575. The zero-order valence-electron chi connectivity index (χ0n) is 18.7. The second-order valence-electron chi connectivity index (χ2n) is 10.6. The summed E-state index contributed by atoms with van der Waals surface area (Å²) in [6.07, 6.45) is 13.4. The summed E-state index contributed by atoms with van der Waals surface area (Å²) in [6.45, 7) is 8.18. The molecule has 1 spiro atoms. The van der Waals surface area contributed by atoms with Crippen molar-refractivity contribution < 1.29 is 19.7 Å². The fraction of sp³-hybridized carbons (Fsp3) is 0.920. The smallest absolute Gasteiger partial charge is 0.177 e. The fourth-order valence-corrected chi connectivity index (χ4v) is 7.46. The van der Waals surface area contributed by atoms with Gasteiger partial charge >= 0.3 is 0 Å². The summed E-state index contributed by atoms with van der Waals surface area (Å²) >= 11 is 0. The predicted octanol–water partition coefficient (Wildman–Crippen LogP) is 4.69. The number of aliphatic hydroxyl groups excluding tert-OH is 2. The van der Waals surface area contributed by atoms with Crippen LogP contribution >= 0.6 is 0 Å². The topological polar surface area (TPSA) is 58.9 Å². The maximum absolute atomic E-state index is 11.0. The van der Waals surface area contributed by atoms with Gasteiger partial charge in [0.25, 0.3) is 0 Å². The van der Waals surface area contributed by atoms with Crippen molar-refractivity contribution in [2.45, 2.75) is 96.6 Å². The van der Waals surface area contributed by atoms with Crippen molar-refractivity contribution in [1.29, 1.82) is 0 Å². The maximum Gasteiger partial charge on any atom is 0.177 e. The van der Waals surface area contributed by atoms with E-state index in [0.29, 0.717) is 36.9 Å². The summed E-state index contributed by atoms with van der Waals surface area (Å²) in [5.74, 6) is 1.27. The Morgan fingerprint density at radius 3 is 2.38 bits per heavy atom. The number of ether oxygens (including phenoxy) is 2. The van der Waals surface area contributed by atoms with Crippen LogP contribution in [0.25, 0.3) is 0 Å². The van der Waals surface area contributed by atoms with Crippen molar-refractivity contribution in [1.82, 2.24) is 0 Å². The number of rotatable bonds is 6. The molecule has 1 aliphatic heterocycles. The molecule has 4 heteroatoms. The van der Waals surface area contributed by atoms with Gasteiger partial charge < -0.3 is 19.7 Å². The fourth-order valence-electron chi connectivity index (χ4n) is 7.46. The highest BCUT2D eigenvalue weighted by molar-refractivity contribution is 5.22. The molecule has 4 rings (SSSR count). The Balaban J connectivity index is 1.58. The molecule has 4 aliphatic rings.